The molecule has 1 aromatic heterocycles. The lowest BCUT2D eigenvalue weighted by atomic mass is 10.1. The summed E-state index contributed by atoms with van der Waals surface area (Å²) in [5.74, 6) is 0.760. The SMILES string of the molecule is COc1cc(/C=N\NC(=O)Cn2c3ccccc3c(=O)c3ccccc32)ccc1OCc1ccccc1Cl. The summed E-state index contributed by atoms with van der Waals surface area (Å²) in [5, 5.41) is 5.87. The minimum absolute atomic E-state index is 0.00318. The first-order valence-electron chi connectivity index (χ1n) is 11.9. The Bertz CT molecular complexity index is 1670. The zero-order valence-corrected chi connectivity index (χ0v) is 21.3. The molecule has 5 rings (SSSR count). The van der Waals surface area contributed by atoms with E-state index in [0.29, 0.717) is 50.5 Å². The van der Waals surface area contributed by atoms with E-state index in [-0.39, 0.29) is 17.9 Å². The van der Waals surface area contributed by atoms with Crippen molar-refractivity contribution in [3.05, 3.63) is 117 Å². The number of nitrogens with zero attached hydrogens (tertiary/aromatic N) is 2. The first-order valence-corrected chi connectivity index (χ1v) is 12.3. The molecule has 0 aliphatic heterocycles. The van der Waals surface area contributed by atoms with Crippen LogP contribution >= 0.6 is 11.6 Å². The molecule has 190 valence electrons. The van der Waals surface area contributed by atoms with Crippen molar-refractivity contribution in [1.82, 2.24) is 9.99 Å². The van der Waals surface area contributed by atoms with Gasteiger partial charge in [0.15, 0.2) is 16.9 Å². The fraction of sp³-hybridized carbons (Fsp3) is 0.100. The summed E-state index contributed by atoms with van der Waals surface area (Å²) < 4.78 is 13.2. The van der Waals surface area contributed by atoms with Crippen LogP contribution < -0.4 is 20.3 Å². The molecule has 0 aliphatic carbocycles. The number of carbonyl (C=O) groups excluding carboxylic acids is 1. The average Bonchev–Trinajstić information content (AvgIpc) is 2.95. The molecule has 7 nitrogen and oxygen atoms in total. The molecule has 0 fully saturated rings. The van der Waals surface area contributed by atoms with Crippen LogP contribution in [-0.2, 0) is 17.9 Å². The van der Waals surface area contributed by atoms with Crippen molar-refractivity contribution in [3.8, 4) is 11.5 Å². The van der Waals surface area contributed by atoms with Crippen molar-refractivity contribution in [2.24, 2.45) is 5.10 Å². The quantitative estimate of drug-likeness (QED) is 0.164. The third kappa shape index (κ3) is 5.23. The summed E-state index contributed by atoms with van der Waals surface area (Å²) in [4.78, 5) is 25.7. The second kappa shape index (κ2) is 11.2. The Balaban J connectivity index is 1.30. The molecular weight excluding hydrogens is 502 g/mol. The van der Waals surface area contributed by atoms with Crippen LogP contribution in [-0.4, -0.2) is 23.8 Å². The second-order valence-corrected chi connectivity index (χ2v) is 8.94. The maximum Gasteiger partial charge on any atom is 0.260 e. The summed E-state index contributed by atoms with van der Waals surface area (Å²) in [6.45, 7) is 0.296. The van der Waals surface area contributed by atoms with Crippen molar-refractivity contribution in [2.75, 3.05) is 7.11 Å². The number of nitrogens with one attached hydrogen (secondary N) is 1. The molecule has 0 atom stereocenters. The summed E-state index contributed by atoms with van der Waals surface area (Å²) in [6, 6.07) is 27.4. The summed E-state index contributed by atoms with van der Waals surface area (Å²) in [5.41, 5.74) is 5.47. The zero-order chi connectivity index (χ0) is 26.5. The van der Waals surface area contributed by atoms with Crippen molar-refractivity contribution in [2.45, 2.75) is 13.2 Å². The number of hydrazone groups is 1. The van der Waals surface area contributed by atoms with E-state index in [9.17, 15) is 9.59 Å². The van der Waals surface area contributed by atoms with Crippen molar-refractivity contribution < 1.29 is 14.3 Å². The van der Waals surface area contributed by atoms with Crippen LogP contribution in [0.2, 0.25) is 5.02 Å². The van der Waals surface area contributed by atoms with Gasteiger partial charge in [0.1, 0.15) is 13.2 Å². The van der Waals surface area contributed by atoms with Gasteiger partial charge in [-0.15, -0.1) is 0 Å². The number of halogens is 1. The van der Waals surface area contributed by atoms with Crippen molar-refractivity contribution in [1.29, 1.82) is 0 Å². The molecule has 0 saturated carbocycles. The number of hydrogen-bond acceptors (Lipinski definition) is 5. The normalized spacial score (nSPS) is 11.2. The molecule has 1 amide bonds. The first kappa shape index (κ1) is 25.0. The Hall–Kier alpha value is -4.62. The van der Waals surface area contributed by atoms with E-state index >= 15 is 0 Å². The van der Waals surface area contributed by atoms with E-state index in [1.165, 1.54) is 6.21 Å². The largest absolute Gasteiger partial charge is 0.493 e. The van der Waals surface area contributed by atoms with Crippen molar-refractivity contribution in [3.63, 3.8) is 0 Å². The molecule has 0 spiro atoms. The third-order valence-electron chi connectivity index (χ3n) is 6.11. The average molecular weight is 526 g/mol. The smallest absolute Gasteiger partial charge is 0.260 e. The summed E-state index contributed by atoms with van der Waals surface area (Å²) in [6.07, 6.45) is 1.53. The monoisotopic (exact) mass is 525 g/mol. The highest BCUT2D eigenvalue weighted by Gasteiger charge is 2.13. The highest BCUT2D eigenvalue weighted by atomic mass is 35.5. The Morgan fingerprint density at radius 3 is 2.26 bits per heavy atom. The Labute approximate surface area is 223 Å². The molecule has 4 aromatic carbocycles. The van der Waals surface area contributed by atoms with E-state index in [1.54, 1.807) is 31.4 Å². The number of fused-ring (bicyclic) bond motifs is 2. The van der Waals surface area contributed by atoms with Gasteiger partial charge in [-0.25, -0.2) is 5.43 Å². The number of carbonyl (C=O) groups is 1. The topological polar surface area (TPSA) is 81.9 Å². The van der Waals surface area contributed by atoms with Crippen molar-refractivity contribution >= 4 is 45.5 Å². The van der Waals surface area contributed by atoms with Crippen LogP contribution in [0.25, 0.3) is 21.8 Å². The van der Waals surface area contributed by atoms with Gasteiger partial charge in [0, 0.05) is 21.4 Å². The standard InChI is InChI=1S/C30H24ClN3O4/c1-37-28-16-20(14-15-27(28)38-19-21-8-2-5-11-24(21)31)17-32-33-29(35)18-34-25-12-6-3-9-22(25)30(36)23-10-4-7-13-26(23)34/h2-17H,18-19H2,1H3,(H,33,35)/b32-17-. The number of methoxy groups -OCH3 is 1. The van der Waals surface area contributed by atoms with E-state index in [1.807, 2.05) is 71.3 Å². The first-order chi connectivity index (χ1) is 18.5. The van der Waals surface area contributed by atoms with E-state index in [4.69, 9.17) is 21.1 Å². The molecular formula is C30H24ClN3O4. The Morgan fingerprint density at radius 1 is 0.921 bits per heavy atom. The molecule has 1 N–H and O–H groups in total. The molecule has 0 unspecified atom stereocenters. The van der Waals surface area contributed by atoms with Gasteiger partial charge in [0.25, 0.3) is 5.91 Å². The maximum atomic E-state index is 12.9. The lowest BCUT2D eigenvalue weighted by molar-refractivity contribution is -0.121. The predicted molar refractivity (Wildman–Crippen MR) is 150 cm³/mol. The molecule has 0 bridgehead atoms. The predicted octanol–water partition coefficient (Wildman–Crippen LogP) is 5.55. The Kier molecular flexibility index (Phi) is 7.38. The van der Waals surface area contributed by atoms with E-state index in [2.05, 4.69) is 10.5 Å². The minimum atomic E-state index is -0.327. The van der Waals surface area contributed by atoms with Gasteiger partial charge in [-0.3, -0.25) is 9.59 Å². The minimum Gasteiger partial charge on any atom is -0.493 e. The number of ether oxygens (including phenoxy) is 2. The number of pyridine rings is 1. The van der Waals surface area contributed by atoms with Gasteiger partial charge in [-0.05, 0) is 54.1 Å². The van der Waals surface area contributed by atoms with Gasteiger partial charge in [-0.2, -0.15) is 5.10 Å². The van der Waals surface area contributed by atoms with Crippen LogP contribution in [0.15, 0.2) is 101 Å². The number of rotatable bonds is 8. The molecule has 0 aliphatic rings. The van der Waals surface area contributed by atoms with Gasteiger partial charge in [0.05, 0.1) is 24.4 Å². The van der Waals surface area contributed by atoms with E-state index in [0.717, 1.165) is 5.56 Å². The molecule has 38 heavy (non-hydrogen) atoms. The fourth-order valence-electron chi connectivity index (χ4n) is 4.26. The summed E-state index contributed by atoms with van der Waals surface area (Å²) >= 11 is 6.21. The number of benzene rings is 4. The zero-order valence-electron chi connectivity index (χ0n) is 20.6. The maximum absolute atomic E-state index is 12.9. The van der Waals surface area contributed by atoms with Crippen LogP contribution in [0.4, 0.5) is 0 Å². The third-order valence-corrected chi connectivity index (χ3v) is 6.48. The van der Waals surface area contributed by atoms with Gasteiger partial charge in [-0.1, -0.05) is 54.1 Å². The molecule has 8 heteroatoms. The highest BCUT2D eigenvalue weighted by Crippen LogP contribution is 2.29. The van der Waals surface area contributed by atoms with E-state index < -0.39 is 0 Å². The highest BCUT2D eigenvalue weighted by molar-refractivity contribution is 6.31. The number of hydrogen-bond donors (Lipinski definition) is 1. The van der Waals surface area contributed by atoms with Crippen LogP contribution in [0.3, 0.4) is 0 Å². The molecule has 1 heterocycles. The lowest BCUT2D eigenvalue weighted by Crippen LogP contribution is -2.25. The number of aromatic nitrogens is 1. The number of para-hydroxylation sites is 2. The summed E-state index contributed by atoms with van der Waals surface area (Å²) in [7, 11) is 1.55. The van der Waals surface area contributed by atoms with Gasteiger partial charge in [0.2, 0.25) is 0 Å². The van der Waals surface area contributed by atoms with Crippen LogP contribution in [0.1, 0.15) is 11.1 Å². The molecule has 0 radical (unpaired) electrons. The fourth-order valence-corrected chi connectivity index (χ4v) is 4.45. The van der Waals surface area contributed by atoms with Crippen LogP contribution in [0, 0.1) is 0 Å². The lowest BCUT2D eigenvalue weighted by Gasteiger charge is -2.14. The van der Waals surface area contributed by atoms with Gasteiger partial charge < -0.3 is 14.0 Å². The molecule has 5 aromatic rings. The molecule has 0 saturated heterocycles. The number of amides is 1. The van der Waals surface area contributed by atoms with Gasteiger partial charge >= 0.3 is 0 Å². The second-order valence-electron chi connectivity index (χ2n) is 8.53. The Morgan fingerprint density at radius 2 is 1.58 bits per heavy atom. The van der Waals surface area contributed by atoms with Crippen LogP contribution in [0.5, 0.6) is 11.5 Å².